The average Bonchev–Trinajstić information content (AvgIpc) is 3.13. The molecule has 25 heavy (non-hydrogen) atoms. The molecule has 0 aromatic heterocycles. The van der Waals surface area contributed by atoms with Crippen molar-refractivity contribution < 1.29 is 28.5 Å². The molecule has 1 aliphatic carbocycles. The molecule has 6 heteroatoms. The summed E-state index contributed by atoms with van der Waals surface area (Å²) in [6, 6.07) is 0. The Labute approximate surface area is 145 Å². The molecule has 3 rings (SSSR count). The van der Waals surface area contributed by atoms with Gasteiger partial charge in [0.15, 0.2) is 0 Å². The summed E-state index contributed by atoms with van der Waals surface area (Å²) in [6.07, 6.45) is 3.87. The molecule has 2 heterocycles. The molecule has 0 saturated heterocycles. The molecule has 0 saturated carbocycles. The van der Waals surface area contributed by atoms with Crippen LogP contribution in [0.3, 0.4) is 0 Å². The lowest BCUT2D eigenvalue weighted by Gasteiger charge is -2.16. The van der Waals surface area contributed by atoms with E-state index in [1.54, 1.807) is 32.9 Å². The first kappa shape index (κ1) is 16.9. The van der Waals surface area contributed by atoms with E-state index >= 15 is 0 Å². The smallest absolute Gasteiger partial charge is 0.337 e. The van der Waals surface area contributed by atoms with Crippen LogP contribution >= 0.6 is 0 Å². The highest BCUT2D eigenvalue weighted by atomic mass is 16.7. The summed E-state index contributed by atoms with van der Waals surface area (Å²) in [6.45, 7) is 5.67. The van der Waals surface area contributed by atoms with Crippen LogP contribution in [0, 0.1) is 5.92 Å². The maximum absolute atomic E-state index is 12.4. The molecule has 2 atom stereocenters. The number of rotatable bonds is 5. The monoisotopic (exact) mass is 342 g/mol. The van der Waals surface area contributed by atoms with Crippen LogP contribution in [0.1, 0.15) is 20.8 Å². The molecule has 130 valence electrons. The minimum atomic E-state index is -0.839. The van der Waals surface area contributed by atoms with Crippen molar-refractivity contribution in [1.29, 1.82) is 0 Å². The third-order valence-electron chi connectivity index (χ3n) is 4.25. The fraction of sp³-hybridized carbons (Fsp3) is 0.368. The van der Waals surface area contributed by atoms with Crippen LogP contribution in [0.4, 0.5) is 0 Å². The van der Waals surface area contributed by atoms with E-state index in [4.69, 9.17) is 18.9 Å². The summed E-state index contributed by atoms with van der Waals surface area (Å²) < 4.78 is 21.4. The Hall–Kier alpha value is -2.94. The first-order valence-corrected chi connectivity index (χ1v) is 7.98. The summed E-state index contributed by atoms with van der Waals surface area (Å²) in [5.74, 6) is -0.617. The summed E-state index contributed by atoms with van der Waals surface area (Å²) in [7, 11) is 0. The standard InChI is InChI=1S/C19H18O6/c1-4-22-18(21)15(10-24-19-12(3)11(2)17(20)25-19)14-9-23-16-8-6-5-7-13(14)16/h7-8,10,14,19H,4,9H2,1-3H3/b15-10+. The lowest BCUT2D eigenvalue weighted by Crippen LogP contribution is -2.20. The number of carbonyl (C=O) groups is 2. The molecule has 0 fully saturated rings. The average molecular weight is 342 g/mol. The highest BCUT2D eigenvalue weighted by Crippen LogP contribution is 2.34. The second-order valence-corrected chi connectivity index (χ2v) is 5.74. The van der Waals surface area contributed by atoms with Crippen LogP contribution in [-0.4, -0.2) is 31.4 Å². The Bertz CT molecular complexity index is 813. The maximum atomic E-state index is 12.4. The topological polar surface area (TPSA) is 71.1 Å². The van der Waals surface area contributed by atoms with Gasteiger partial charge in [0.1, 0.15) is 5.76 Å². The molecule has 2 aliphatic heterocycles. The van der Waals surface area contributed by atoms with Gasteiger partial charge in [0, 0.05) is 22.8 Å². The molecule has 0 radical (unpaired) electrons. The molecule has 3 aliphatic rings. The highest BCUT2D eigenvalue weighted by molar-refractivity contribution is 5.91. The van der Waals surface area contributed by atoms with Gasteiger partial charge >= 0.3 is 11.9 Å². The number of cyclic esters (lactones) is 1. The first-order chi connectivity index (χ1) is 12.0. The van der Waals surface area contributed by atoms with Crippen LogP contribution in [0.5, 0.6) is 0 Å². The third kappa shape index (κ3) is 3.18. The van der Waals surface area contributed by atoms with E-state index in [0.29, 0.717) is 22.5 Å². The number of hydrogen-bond acceptors (Lipinski definition) is 6. The quantitative estimate of drug-likeness (QED) is 0.331. The van der Waals surface area contributed by atoms with Crippen LogP contribution in [0.2, 0.25) is 0 Å². The highest BCUT2D eigenvalue weighted by Gasteiger charge is 2.35. The fourth-order valence-electron chi connectivity index (χ4n) is 2.66. The largest absolute Gasteiger partial charge is 0.492 e. The predicted octanol–water partition coefficient (Wildman–Crippen LogP) is 2.45. The van der Waals surface area contributed by atoms with Crippen LogP contribution < -0.4 is 0 Å². The zero-order valence-corrected chi connectivity index (χ0v) is 14.3. The normalized spacial score (nSPS) is 24.4. The van der Waals surface area contributed by atoms with Gasteiger partial charge in [-0.15, -0.1) is 0 Å². The minimum Gasteiger partial charge on any atom is -0.492 e. The van der Waals surface area contributed by atoms with Gasteiger partial charge in [-0.05, 0) is 26.8 Å². The maximum Gasteiger partial charge on any atom is 0.337 e. The van der Waals surface area contributed by atoms with E-state index in [2.05, 4.69) is 11.5 Å². The minimum absolute atomic E-state index is 0.238. The molecule has 0 aromatic carbocycles. The van der Waals surface area contributed by atoms with Crippen molar-refractivity contribution >= 4 is 11.9 Å². The third-order valence-corrected chi connectivity index (χ3v) is 4.25. The van der Waals surface area contributed by atoms with Crippen molar-refractivity contribution in [3.8, 4) is 0 Å². The Kier molecular flexibility index (Phi) is 4.66. The number of esters is 2. The first-order valence-electron chi connectivity index (χ1n) is 7.98. The second kappa shape index (κ2) is 6.89. The SMILES string of the molecule is CCOC(=O)/C(=C/OC1OC(=O)C(C)=C1C)C1COC2=C1C=C=C=C2. The van der Waals surface area contributed by atoms with Gasteiger partial charge < -0.3 is 18.9 Å². The van der Waals surface area contributed by atoms with Crippen LogP contribution in [-0.2, 0) is 28.5 Å². The summed E-state index contributed by atoms with van der Waals surface area (Å²) in [5.41, 5.74) is 7.98. The predicted molar refractivity (Wildman–Crippen MR) is 86.7 cm³/mol. The van der Waals surface area contributed by atoms with Gasteiger partial charge in [-0.2, -0.15) is 0 Å². The van der Waals surface area contributed by atoms with Crippen molar-refractivity contribution in [1.82, 2.24) is 0 Å². The van der Waals surface area contributed by atoms with Gasteiger partial charge in [0.2, 0.25) is 0 Å². The Balaban J connectivity index is 1.85. The van der Waals surface area contributed by atoms with E-state index in [1.807, 2.05) is 0 Å². The molecule has 2 unspecified atom stereocenters. The molecule has 0 amide bonds. The number of allylic oxidation sites excluding steroid dienone is 2. The van der Waals surface area contributed by atoms with Crippen molar-refractivity contribution in [2.24, 2.45) is 5.92 Å². The van der Waals surface area contributed by atoms with Gasteiger partial charge in [0.25, 0.3) is 6.29 Å². The van der Waals surface area contributed by atoms with Crippen molar-refractivity contribution in [2.75, 3.05) is 13.2 Å². The van der Waals surface area contributed by atoms with Gasteiger partial charge in [-0.1, -0.05) is 11.5 Å². The fourth-order valence-corrected chi connectivity index (χ4v) is 2.66. The molecule has 0 aromatic rings. The van der Waals surface area contributed by atoms with Gasteiger partial charge in [-0.25, -0.2) is 9.59 Å². The lowest BCUT2D eigenvalue weighted by molar-refractivity contribution is -0.153. The molecule has 6 nitrogen and oxygen atoms in total. The number of hydrogen-bond donors (Lipinski definition) is 0. The van der Waals surface area contributed by atoms with Crippen LogP contribution in [0.25, 0.3) is 0 Å². The second-order valence-electron chi connectivity index (χ2n) is 5.74. The van der Waals surface area contributed by atoms with Crippen LogP contribution in [0.15, 0.2) is 57.9 Å². The molecule has 0 bridgehead atoms. The van der Waals surface area contributed by atoms with Crippen molar-refractivity contribution in [2.45, 2.75) is 27.1 Å². The number of carbonyl (C=O) groups excluding carboxylic acids is 2. The van der Waals surface area contributed by atoms with E-state index in [-0.39, 0.29) is 19.1 Å². The molecular formula is C19H18O6. The van der Waals surface area contributed by atoms with E-state index in [9.17, 15) is 9.59 Å². The van der Waals surface area contributed by atoms with Crippen molar-refractivity contribution in [3.05, 3.63) is 57.9 Å². The molecular weight excluding hydrogens is 324 g/mol. The zero-order chi connectivity index (χ0) is 18.0. The van der Waals surface area contributed by atoms with E-state index < -0.39 is 18.2 Å². The van der Waals surface area contributed by atoms with Crippen molar-refractivity contribution in [3.63, 3.8) is 0 Å². The summed E-state index contributed by atoms with van der Waals surface area (Å²) >= 11 is 0. The lowest BCUT2D eigenvalue weighted by atomic mass is 9.92. The summed E-state index contributed by atoms with van der Waals surface area (Å²) in [5, 5.41) is 0. The van der Waals surface area contributed by atoms with Gasteiger partial charge in [-0.3, -0.25) is 0 Å². The Morgan fingerprint density at radius 3 is 2.80 bits per heavy atom. The Morgan fingerprint density at radius 1 is 1.36 bits per heavy atom. The van der Waals surface area contributed by atoms with Gasteiger partial charge in [0.05, 0.1) is 31.0 Å². The Morgan fingerprint density at radius 2 is 2.12 bits per heavy atom. The molecule has 0 N–H and O–H groups in total. The molecule has 0 spiro atoms. The summed E-state index contributed by atoms with van der Waals surface area (Å²) in [4.78, 5) is 24.0. The van der Waals surface area contributed by atoms with E-state index in [0.717, 1.165) is 5.57 Å². The van der Waals surface area contributed by atoms with E-state index in [1.165, 1.54) is 6.26 Å². The number of ether oxygens (including phenoxy) is 4. The zero-order valence-electron chi connectivity index (χ0n) is 14.3.